The SMILES string of the molecule is CC1CCCC(CO)(NC(=O)CCC(=O)O)C1. The lowest BCUT2D eigenvalue weighted by molar-refractivity contribution is -0.139. The third kappa shape index (κ3) is 4.34. The molecular formula is C12H21NO4. The second-order valence-corrected chi connectivity index (χ2v) is 5.08. The molecule has 3 N–H and O–H groups in total. The van der Waals surface area contributed by atoms with E-state index in [9.17, 15) is 14.7 Å². The van der Waals surface area contributed by atoms with Crippen molar-refractivity contribution in [1.29, 1.82) is 0 Å². The maximum atomic E-state index is 11.6. The molecule has 5 nitrogen and oxygen atoms in total. The summed E-state index contributed by atoms with van der Waals surface area (Å²) >= 11 is 0. The highest BCUT2D eigenvalue weighted by Crippen LogP contribution is 2.32. The van der Waals surface area contributed by atoms with Crippen molar-refractivity contribution in [2.24, 2.45) is 5.92 Å². The van der Waals surface area contributed by atoms with E-state index in [2.05, 4.69) is 12.2 Å². The zero-order valence-electron chi connectivity index (χ0n) is 10.2. The highest BCUT2D eigenvalue weighted by molar-refractivity contribution is 5.81. The van der Waals surface area contributed by atoms with Crippen LogP contribution in [0.1, 0.15) is 45.4 Å². The molecule has 1 saturated carbocycles. The Morgan fingerprint density at radius 3 is 2.65 bits per heavy atom. The van der Waals surface area contributed by atoms with Crippen molar-refractivity contribution < 1.29 is 19.8 Å². The summed E-state index contributed by atoms with van der Waals surface area (Å²) in [6.45, 7) is 2.03. The van der Waals surface area contributed by atoms with Crippen LogP contribution < -0.4 is 5.32 Å². The van der Waals surface area contributed by atoms with Crippen molar-refractivity contribution >= 4 is 11.9 Å². The van der Waals surface area contributed by atoms with Crippen molar-refractivity contribution in [1.82, 2.24) is 5.32 Å². The minimum atomic E-state index is -0.977. The average molecular weight is 243 g/mol. The third-order valence-corrected chi connectivity index (χ3v) is 3.36. The van der Waals surface area contributed by atoms with Gasteiger partial charge in [-0.1, -0.05) is 19.8 Å². The zero-order valence-corrected chi connectivity index (χ0v) is 10.2. The highest BCUT2D eigenvalue weighted by atomic mass is 16.4. The van der Waals surface area contributed by atoms with Crippen molar-refractivity contribution in [3.8, 4) is 0 Å². The summed E-state index contributed by atoms with van der Waals surface area (Å²) in [7, 11) is 0. The van der Waals surface area contributed by atoms with Gasteiger partial charge in [-0.25, -0.2) is 0 Å². The lowest BCUT2D eigenvalue weighted by atomic mass is 9.76. The molecule has 0 aromatic rings. The van der Waals surface area contributed by atoms with Crippen LogP contribution in [-0.4, -0.2) is 34.2 Å². The van der Waals surface area contributed by atoms with Crippen molar-refractivity contribution in [3.63, 3.8) is 0 Å². The Kier molecular flexibility index (Phi) is 4.93. The van der Waals surface area contributed by atoms with Crippen LogP contribution >= 0.6 is 0 Å². The first-order valence-electron chi connectivity index (χ1n) is 6.11. The molecule has 2 unspecified atom stereocenters. The number of carbonyl (C=O) groups is 2. The van der Waals surface area contributed by atoms with Crippen LogP contribution in [-0.2, 0) is 9.59 Å². The molecule has 0 saturated heterocycles. The number of nitrogens with one attached hydrogen (secondary N) is 1. The maximum absolute atomic E-state index is 11.6. The van der Waals surface area contributed by atoms with Gasteiger partial charge in [0, 0.05) is 6.42 Å². The number of aliphatic hydroxyl groups is 1. The molecule has 0 bridgehead atoms. The molecule has 5 heteroatoms. The van der Waals surface area contributed by atoms with E-state index in [0.717, 1.165) is 25.7 Å². The van der Waals surface area contributed by atoms with Crippen LogP contribution in [0.5, 0.6) is 0 Å². The van der Waals surface area contributed by atoms with Gasteiger partial charge in [0.2, 0.25) is 5.91 Å². The number of amides is 1. The molecule has 1 amide bonds. The smallest absolute Gasteiger partial charge is 0.303 e. The molecule has 1 fully saturated rings. The Balaban J connectivity index is 2.50. The first-order valence-corrected chi connectivity index (χ1v) is 6.11. The number of carboxylic acids is 1. The summed E-state index contributed by atoms with van der Waals surface area (Å²) in [5, 5.41) is 20.8. The molecule has 0 spiro atoms. The van der Waals surface area contributed by atoms with Crippen LogP contribution in [0, 0.1) is 5.92 Å². The van der Waals surface area contributed by atoms with E-state index in [1.807, 2.05) is 0 Å². The first kappa shape index (κ1) is 14.0. The lowest BCUT2D eigenvalue weighted by Gasteiger charge is -2.39. The van der Waals surface area contributed by atoms with Gasteiger partial charge in [0.15, 0.2) is 0 Å². The fourth-order valence-corrected chi connectivity index (χ4v) is 2.54. The Hall–Kier alpha value is -1.10. The average Bonchev–Trinajstić information content (AvgIpc) is 2.26. The third-order valence-electron chi connectivity index (χ3n) is 3.36. The summed E-state index contributed by atoms with van der Waals surface area (Å²) in [5.74, 6) is -0.776. The van der Waals surface area contributed by atoms with Crippen LogP contribution in [0.25, 0.3) is 0 Å². The molecule has 2 atom stereocenters. The lowest BCUT2D eigenvalue weighted by Crippen LogP contribution is -2.53. The first-order chi connectivity index (χ1) is 7.97. The number of aliphatic carboxylic acids is 1. The zero-order chi connectivity index (χ0) is 12.9. The van der Waals surface area contributed by atoms with E-state index < -0.39 is 11.5 Å². The Morgan fingerprint density at radius 2 is 2.12 bits per heavy atom. The molecule has 1 rings (SSSR count). The van der Waals surface area contributed by atoms with Gasteiger partial charge >= 0.3 is 5.97 Å². The van der Waals surface area contributed by atoms with Gasteiger partial charge in [0.1, 0.15) is 0 Å². The van der Waals surface area contributed by atoms with E-state index in [1.165, 1.54) is 0 Å². The fraction of sp³-hybridized carbons (Fsp3) is 0.833. The maximum Gasteiger partial charge on any atom is 0.303 e. The molecule has 17 heavy (non-hydrogen) atoms. The van der Waals surface area contributed by atoms with E-state index in [-0.39, 0.29) is 25.4 Å². The number of aliphatic hydroxyl groups excluding tert-OH is 1. The molecular weight excluding hydrogens is 222 g/mol. The summed E-state index contributed by atoms with van der Waals surface area (Å²) in [5.41, 5.74) is -0.534. The van der Waals surface area contributed by atoms with Gasteiger partial charge in [-0.3, -0.25) is 9.59 Å². The molecule has 0 aliphatic heterocycles. The second-order valence-electron chi connectivity index (χ2n) is 5.08. The molecule has 1 aliphatic carbocycles. The summed E-state index contributed by atoms with van der Waals surface area (Å²) in [6.07, 6.45) is 3.46. The monoisotopic (exact) mass is 243 g/mol. The second kappa shape index (κ2) is 6.00. The summed E-state index contributed by atoms with van der Waals surface area (Å²) in [4.78, 5) is 22.0. The van der Waals surface area contributed by atoms with Crippen molar-refractivity contribution in [2.45, 2.75) is 51.0 Å². The number of carboxylic acid groups (broad SMARTS) is 1. The predicted molar refractivity (Wildman–Crippen MR) is 62.5 cm³/mol. The standard InChI is InChI=1S/C12H21NO4/c1-9-3-2-6-12(7-9,8-14)13-10(15)4-5-11(16)17/h9,14H,2-8H2,1H3,(H,13,15)(H,16,17). The van der Waals surface area contributed by atoms with E-state index in [1.54, 1.807) is 0 Å². The van der Waals surface area contributed by atoms with E-state index in [4.69, 9.17) is 5.11 Å². The van der Waals surface area contributed by atoms with Crippen LogP contribution in [0.2, 0.25) is 0 Å². The highest BCUT2D eigenvalue weighted by Gasteiger charge is 2.35. The minimum absolute atomic E-state index is 0.0224. The van der Waals surface area contributed by atoms with Crippen LogP contribution in [0.15, 0.2) is 0 Å². The van der Waals surface area contributed by atoms with Crippen molar-refractivity contribution in [3.05, 3.63) is 0 Å². The van der Waals surface area contributed by atoms with E-state index in [0.29, 0.717) is 5.92 Å². The molecule has 98 valence electrons. The Bertz CT molecular complexity index is 292. The largest absolute Gasteiger partial charge is 0.481 e. The number of carbonyl (C=O) groups excluding carboxylic acids is 1. The van der Waals surface area contributed by atoms with Gasteiger partial charge in [-0.15, -0.1) is 0 Å². The van der Waals surface area contributed by atoms with Gasteiger partial charge in [0.25, 0.3) is 0 Å². The van der Waals surface area contributed by atoms with Crippen LogP contribution in [0.3, 0.4) is 0 Å². The molecule has 0 aromatic heterocycles. The predicted octanol–water partition coefficient (Wildman–Crippen LogP) is 0.909. The van der Waals surface area contributed by atoms with Gasteiger partial charge < -0.3 is 15.5 Å². The Labute approximate surface area is 101 Å². The van der Waals surface area contributed by atoms with Crippen molar-refractivity contribution in [2.75, 3.05) is 6.61 Å². The minimum Gasteiger partial charge on any atom is -0.481 e. The Morgan fingerprint density at radius 1 is 1.41 bits per heavy atom. The number of hydrogen-bond donors (Lipinski definition) is 3. The van der Waals surface area contributed by atoms with Gasteiger partial charge in [0.05, 0.1) is 18.6 Å². The topological polar surface area (TPSA) is 86.6 Å². The molecule has 0 aromatic carbocycles. The molecule has 0 heterocycles. The summed E-state index contributed by atoms with van der Waals surface area (Å²) < 4.78 is 0. The van der Waals surface area contributed by atoms with E-state index >= 15 is 0 Å². The van der Waals surface area contributed by atoms with Crippen LogP contribution in [0.4, 0.5) is 0 Å². The number of hydrogen-bond acceptors (Lipinski definition) is 3. The quantitative estimate of drug-likeness (QED) is 0.670. The normalized spacial score (nSPS) is 28.7. The van der Waals surface area contributed by atoms with Gasteiger partial charge in [-0.05, 0) is 18.8 Å². The number of rotatable bonds is 5. The molecule has 0 radical (unpaired) electrons. The summed E-state index contributed by atoms with van der Waals surface area (Å²) in [6, 6.07) is 0. The fourth-order valence-electron chi connectivity index (χ4n) is 2.54. The van der Waals surface area contributed by atoms with Gasteiger partial charge in [-0.2, -0.15) is 0 Å². The molecule has 1 aliphatic rings.